The number of methoxy groups -OCH3 is 1. The van der Waals surface area contributed by atoms with Gasteiger partial charge in [0, 0.05) is 6.54 Å². The minimum atomic E-state index is -1.08. The number of nitrogens with zero attached hydrogens (tertiary/aromatic N) is 1. The van der Waals surface area contributed by atoms with Crippen molar-refractivity contribution in [2.75, 3.05) is 20.2 Å². The monoisotopic (exact) mass is 401 g/mol. The second-order valence-corrected chi connectivity index (χ2v) is 7.88. The summed E-state index contributed by atoms with van der Waals surface area (Å²) in [5.74, 6) is 0.337. The molecule has 1 atom stereocenters. The smallest absolute Gasteiger partial charge is 0.234 e. The molecule has 0 aliphatic carbocycles. The van der Waals surface area contributed by atoms with Crippen molar-refractivity contribution in [1.82, 2.24) is 4.90 Å². The Morgan fingerprint density at radius 1 is 0.967 bits per heavy atom. The first-order chi connectivity index (χ1) is 14.6. The van der Waals surface area contributed by atoms with Crippen LogP contribution < -0.4 is 4.74 Å². The Morgan fingerprint density at radius 3 is 2.20 bits per heavy atom. The third-order valence-electron chi connectivity index (χ3n) is 5.90. The van der Waals surface area contributed by atoms with Gasteiger partial charge in [-0.15, -0.1) is 0 Å². The molecule has 4 heteroatoms. The van der Waals surface area contributed by atoms with Crippen LogP contribution in [0, 0.1) is 0 Å². The van der Waals surface area contributed by atoms with Crippen molar-refractivity contribution in [2.24, 2.45) is 0 Å². The van der Waals surface area contributed by atoms with Gasteiger partial charge in [0.2, 0.25) is 5.91 Å². The summed E-state index contributed by atoms with van der Waals surface area (Å²) in [5.41, 5.74) is 1.63. The van der Waals surface area contributed by atoms with Crippen LogP contribution in [-0.2, 0) is 10.4 Å². The molecule has 1 unspecified atom stereocenters. The van der Waals surface area contributed by atoms with Crippen molar-refractivity contribution in [1.29, 1.82) is 0 Å². The number of likely N-dealkylation sites (tertiary alicyclic amines) is 1. The number of hydrogen-bond donors (Lipinski definition) is 1. The van der Waals surface area contributed by atoms with Crippen LogP contribution in [-0.4, -0.2) is 36.1 Å². The van der Waals surface area contributed by atoms with Gasteiger partial charge in [-0.1, -0.05) is 72.8 Å². The molecule has 0 spiro atoms. The van der Waals surface area contributed by atoms with Crippen molar-refractivity contribution < 1.29 is 14.6 Å². The van der Waals surface area contributed by atoms with E-state index in [2.05, 4.69) is 0 Å². The molecule has 154 valence electrons. The molecule has 0 aromatic heterocycles. The number of carbonyl (C=O) groups excluding carboxylic acids is 1. The van der Waals surface area contributed by atoms with Crippen molar-refractivity contribution in [3.8, 4) is 5.75 Å². The van der Waals surface area contributed by atoms with Crippen LogP contribution >= 0.6 is 0 Å². The van der Waals surface area contributed by atoms with E-state index in [1.54, 1.807) is 7.11 Å². The number of aliphatic hydroxyl groups is 1. The Morgan fingerprint density at radius 2 is 1.60 bits per heavy atom. The number of amides is 1. The minimum absolute atomic E-state index is 0.0217. The molecule has 1 heterocycles. The van der Waals surface area contributed by atoms with E-state index in [-0.39, 0.29) is 18.4 Å². The summed E-state index contributed by atoms with van der Waals surface area (Å²) >= 11 is 0. The van der Waals surface area contributed by atoms with Crippen molar-refractivity contribution in [3.05, 3.63) is 102 Å². The molecular formula is C26H27NO3. The van der Waals surface area contributed by atoms with Gasteiger partial charge in [-0.05, 0) is 41.7 Å². The highest BCUT2D eigenvalue weighted by Gasteiger charge is 2.39. The fraction of sp³-hybridized carbons (Fsp3) is 0.269. The van der Waals surface area contributed by atoms with Crippen LogP contribution in [0.25, 0.3) is 0 Å². The first-order valence-electron chi connectivity index (χ1n) is 10.4. The molecule has 1 N–H and O–H groups in total. The highest BCUT2D eigenvalue weighted by Crippen LogP contribution is 2.35. The number of piperidine rings is 1. The molecule has 4 nitrogen and oxygen atoms in total. The fourth-order valence-electron chi connectivity index (χ4n) is 4.32. The molecule has 0 radical (unpaired) electrons. The Balaban J connectivity index is 1.65. The SMILES string of the molecule is COc1cccc(C2(O)CCCN(C(=O)C(c3ccccc3)c3ccccc3)C2)c1. The number of ether oxygens (including phenoxy) is 1. The van der Waals surface area contributed by atoms with Gasteiger partial charge in [0.1, 0.15) is 11.4 Å². The van der Waals surface area contributed by atoms with Crippen LogP contribution in [0.2, 0.25) is 0 Å². The van der Waals surface area contributed by atoms with E-state index in [0.29, 0.717) is 18.7 Å². The summed E-state index contributed by atoms with van der Waals surface area (Å²) in [4.78, 5) is 15.5. The molecule has 3 aromatic rings. The van der Waals surface area contributed by atoms with Gasteiger partial charge < -0.3 is 14.7 Å². The van der Waals surface area contributed by atoms with E-state index in [0.717, 1.165) is 23.1 Å². The molecule has 1 aliphatic heterocycles. The van der Waals surface area contributed by atoms with Crippen molar-refractivity contribution in [3.63, 3.8) is 0 Å². The van der Waals surface area contributed by atoms with E-state index in [1.807, 2.05) is 89.8 Å². The zero-order valence-electron chi connectivity index (χ0n) is 17.2. The summed E-state index contributed by atoms with van der Waals surface area (Å²) in [6.45, 7) is 0.913. The quantitative estimate of drug-likeness (QED) is 0.692. The van der Waals surface area contributed by atoms with Gasteiger partial charge in [-0.3, -0.25) is 4.79 Å². The van der Waals surface area contributed by atoms with Gasteiger partial charge in [-0.2, -0.15) is 0 Å². The Labute approximate surface area is 177 Å². The summed E-state index contributed by atoms with van der Waals surface area (Å²) < 4.78 is 5.33. The standard InChI is InChI=1S/C26H27NO3/c1-30-23-15-8-14-22(18-23)26(29)16-9-17-27(19-26)25(28)24(20-10-4-2-5-11-20)21-12-6-3-7-13-21/h2-8,10-15,18,24,29H,9,16-17,19H2,1H3. The molecule has 1 amide bonds. The lowest BCUT2D eigenvalue weighted by atomic mass is 9.84. The lowest BCUT2D eigenvalue weighted by Crippen LogP contribution is -2.50. The lowest BCUT2D eigenvalue weighted by molar-refractivity contribution is -0.139. The lowest BCUT2D eigenvalue weighted by Gasteiger charge is -2.41. The van der Waals surface area contributed by atoms with Gasteiger partial charge in [-0.25, -0.2) is 0 Å². The highest BCUT2D eigenvalue weighted by molar-refractivity contribution is 5.87. The summed E-state index contributed by atoms with van der Waals surface area (Å²) in [6, 6.07) is 27.2. The summed E-state index contributed by atoms with van der Waals surface area (Å²) in [6.07, 6.45) is 1.36. The number of rotatable bonds is 5. The third kappa shape index (κ3) is 4.10. The van der Waals surface area contributed by atoms with Crippen molar-refractivity contribution >= 4 is 5.91 Å². The second-order valence-electron chi connectivity index (χ2n) is 7.88. The Bertz CT molecular complexity index is 950. The number of benzene rings is 3. The van der Waals surface area contributed by atoms with Crippen LogP contribution in [0.1, 0.15) is 35.4 Å². The molecule has 1 aliphatic rings. The third-order valence-corrected chi connectivity index (χ3v) is 5.90. The van der Waals surface area contributed by atoms with E-state index in [1.165, 1.54) is 0 Å². The van der Waals surface area contributed by atoms with Crippen LogP contribution in [0.4, 0.5) is 0 Å². The van der Waals surface area contributed by atoms with Crippen LogP contribution in [0.5, 0.6) is 5.75 Å². The number of carbonyl (C=O) groups is 1. The average Bonchev–Trinajstić information content (AvgIpc) is 2.81. The predicted molar refractivity (Wildman–Crippen MR) is 117 cm³/mol. The normalized spacial score (nSPS) is 19.0. The Hall–Kier alpha value is -3.11. The largest absolute Gasteiger partial charge is 0.497 e. The van der Waals surface area contributed by atoms with Crippen LogP contribution in [0.3, 0.4) is 0 Å². The number of β-amino-alcohol motifs (C(OH)–C–C–N with tert-alkyl or cyclic N) is 1. The van der Waals surface area contributed by atoms with Crippen molar-refractivity contribution in [2.45, 2.75) is 24.4 Å². The van der Waals surface area contributed by atoms with Gasteiger partial charge in [0.25, 0.3) is 0 Å². The molecule has 0 bridgehead atoms. The second kappa shape index (κ2) is 8.72. The Kier molecular flexibility index (Phi) is 5.86. The zero-order chi connectivity index (χ0) is 21.0. The van der Waals surface area contributed by atoms with Gasteiger partial charge >= 0.3 is 0 Å². The highest BCUT2D eigenvalue weighted by atomic mass is 16.5. The zero-order valence-corrected chi connectivity index (χ0v) is 17.2. The van der Waals surface area contributed by atoms with E-state index in [9.17, 15) is 9.90 Å². The first kappa shape index (κ1) is 20.2. The molecule has 0 saturated carbocycles. The van der Waals surface area contributed by atoms with E-state index < -0.39 is 5.60 Å². The molecule has 30 heavy (non-hydrogen) atoms. The topological polar surface area (TPSA) is 49.8 Å². The van der Waals surface area contributed by atoms with Gasteiger partial charge in [0.15, 0.2) is 0 Å². The van der Waals surface area contributed by atoms with Crippen LogP contribution in [0.15, 0.2) is 84.9 Å². The maximum Gasteiger partial charge on any atom is 0.234 e. The first-order valence-corrected chi connectivity index (χ1v) is 10.4. The fourth-order valence-corrected chi connectivity index (χ4v) is 4.32. The van der Waals surface area contributed by atoms with E-state index >= 15 is 0 Å². The van der Waals surface area contributed by atoms with E-state index in [4.69, 9.17) is 4.74 Å². The maximum atomic E-state index is 13.7. The molecule has 4 rings (SSSR count). The van der Waals surface area contributed by atoms with Gasteiger partial charge in [0.05, 0.1) is 19.6 Å². The minimum Gasteiger partial charge on any atom is -0.497 e. The molecular weight excluding hydrogens is 374 g/mol. The maximum absolute atomic E-state index is 13.7. The summed E-state index contributed by atoms with van der Waals surface area (Å²) in [5, 5.41) is 11.5. The number of hydrogen-bond acceptors (Lipinski definition) is 3. The molecule has 1 saturated heterocycles. The molecule has 3 aromatic carbocycles. The average molecular weight is 402 g/mol. The predicted octanol–water partition coefficient (Wildman–Crippen LogP) is 4.34. The molecule has 1 fully saturated rings. The summed E-state index contributed by atoms with van der Waals surface area (Å²) in [7, 11) is 1.62.